The third-order valence-corrected chi connectivity index (χ3v) is 5.01. The van der Waals surface area contributed by atoms with Gasteiger partial charge in [0.25, 0.3) is 5.69 Å². The number of hydrogen-bond acceptors (Lipinski definition) is 7. The number of non-ortho nitro benzene ring substituents is 1. The fourth-order valence-electron chi connectivity index (χ4n) is 3.41. The van der Waals surface area contributed by atoms with Gasteiger partial charge in [-0.3, -0.25) is 10.1 Å². The Kier molecular flexibility index (Phi) is 3.95. The van der Waals surface area contributed by atoms with Gasteiger partial charge in [0.05, 0.1) is 10.3 Å². The van der Waals surface area contributed by atoms with E-state index >= 15 is 0 Å². The summed E-state index contributed by atoms with van der Waals surface area (Å²) >= 11 is 0. The van der Waals surface area contributed by atoms with Gasteiger partial charge >= 0.3 is 0 Å². The summed E-state index contributed by atoms with van der Waals surface area (Å²) in [7, 11) is 0. The number of Topliss-reactive ketones (excluding diaryl/α,β-unsaturated/α-hetero) is 1. The summed E-state index contributed by atoms with van der Waals surface area (Å²) < 4.78 is 0. The number of ketones is 1. The zero-order chi connectivity index (χ0) is 17.6. The monoisotopic (exact) mass is 337 g/mol. The quantitative estimate of drug-likeness (QED) is 0.447. The summed E-state index contributed by atoms with van der Waals surface area (Å²) in [5.74, 6) is -2.30. The maximum absolute atomic E-state index is 11.5. The predicted molar refractivity (Wildman–Crippen MR) is 80.3 cm³/mol. The molecule has 0 N–H and O–H groups in total. The normalized spacial score (nSPS) is 34.5. The molecule has 2 aliphatic heterocycles. The van der Waals surface area contributed by atoms with Crippen molar-refractivity contribution in [3.8, 4) is 0 Å². The molecule has 130 valence electrons. The summed E-state index contributed by atoms with van der Waals surface area (Å²) in [6.45, 7) is 4.93. The lowest BCUT2D eigenvalue weighted by Crippen LogP contribution is -2.49. The first-order chi connectivity index (χ1) is 11.2. The molecule has 3 rings (SSSR count). The number of carbonyl (C=O) groups is 1. The van der Waals surface area contributed by atoms with Gasteiger partial charge in [0.2, 0.25) is 11.6 Å². The van der Waals surface area contributed by atoms with Gasteiger partial charge < -0.3 is 4.79 Å². The Morgan fingerprint density at radius 3 is 2.00 bits per heavy atom. The molecule has 0 radical (unpaired) electrons. The van der Waals surface area contributed by atoms with Gasteiger partial charge in [-0.25, -0.2) is 0 Å². The Bertz CT molecular complexity index is 644. The molecule has 0 spiro atoms. The third-order valence-electron chi connectivity index (χ3n) is 5.01. The van der Waals surface area contributed by atoms with E-state index in [2.05, 4.69) is 0 Å². The van der Waals surface area contributed by atoms with Crippen LogP contribution in [0.1, 0.15) is 39.2 Å². The van der Waals surface area contributed by atoms with Crippen molar-refractivity contribution in [2.75, 3.05) is 0 Å². The van der Waals surface area contributed by atoms with E-state index in [0.717, 1.165) is 5.56 Å². The van der Waals surface area contributed by atoms with Crippen molar-refractivity contribution in [3.05, 3.63) is 39.9 Å². The second-order valence-corrected chi connectivity index (χ2v) is 6.61. The highest BCUT2D eigenvalue weighted by atomic mass is 17.4. The van der Waals surface area contributed by atoms with Crippen LogP contribution in [-0.2, 0) is 30.8 Å². The second kappa shape index (κ2) is 5.59. The average molecular weight is 337 g/mol. The van der Waals surface area contributed by atoms with E-state index in [1.54, 1.807) is 26.0 Å². The smallest absolute Gasteiger partial charge is 0.269 e. The minimum absolute atomic E-state index is 0.0170. The molecule has 2 saturated heterocycles. The molecule has 2 aliphatic rings. The van der Waals surface area contributed by atoms with E-state index in [-0.39, 0.29) is 11.5 Å². The van der Waals surface area contributed by atoms with Crippen LogP contribution in [0.3, 0.4) is 0 Å². The van der Waals surface area contributed by atoms with Gasteiger partial charge in [-0.05, 0) is 39.2 Å². The van der Waals surface area contributed by atoms with Crippen molar-refractivity contribution in [3.63, 3.8) is 0 Å². The molecule has 8 heteroatoms. The van der Waals surface area contributed by atoms with Crippen LogP contribution in [0.15, 0.2) is 24.3 Å². The van der Waals surface area contributed by atoms with E-state index in [4.69, 9.17) is 19.6 Å². The Balaban J connectivity index is 1.94. The second-order valence-electron chi connectivity index (χ2n) is 6.61. The highest BCUT2D eigenvalue weighted by molar-refractivity contribution is 5.75. The van der Waals surface area contributed by atoms with Crippen LogP contribution in [0.5, 0.6) is 0 Å². The van der Waals surface area contributed by atoms with Crippen LogP contribution < -0.4 is 0 Å². The summed E-state index contributed by atoms with van der Waals surface area (Å²) in [6.07, 6.45) is 1.18. The van der Waals surface area contributed by atoms with Crippen LogP contribution >= 0.6 is 0 Å². The molecule has 0 aromatic heterocycles. The van der Waals surface area contributed by atoms with Crippen molar-refractivity contribution in [2.24, 2.45) is 5.41 Å². The van der Waals surface area contributed by atoms with E-state index in [1.807, 2.05) is 0 Å². The molecular formula is C16H19NO7. The minimum atomic E-state index is -1.17. The third kappa shape index (κ3) is 2.42. The standard InChI is InChI=1S/C16H19NO7/c1-11(18)8-9-16(14(2)21-23-15(16,3)24-22-14)10-12-4-6-13(7-5-12)17(19)20/h4-7H,8-10H2,1-3H3. The van der Waals surface area contributed by atoms with Crippen LogP contribution in [0, 0.1) is 15.5 Å². The van der Waals surface area contributed by atoms with Gasteiger partial charge in [0.1, 0.15) is 5.78 Å². The zero-order valence-corrected chi connectivity index (χ0v) is 13.7. The van der Waals surface area contributed by atoms with Crippen LogP contribution in [-0.4, -0.2) is 22.3 Å². The minimum Gasteiger partial charge on any atom is -0.300 e. The fraction of sp³-hybridized carbons (Fsp3) is 0.562. The Hall–Kier alpha value is -1.87. The molecule has 2 bridgehead atoms. The highest BCUT2D eigenvalue weighted by Crippen LogP contribution is 2.62. The van der Waals surface area contributed by atoms with E-state index < -0.39 is 21.9 Å². The number of hydrogen-bond donors (Lipinski definition) is 0. The molecule has 1 aromatic rings. The lowest BCUT2D eigenvalue weighted by atomic mass is 9.67. The van der Waals surface area contributed by atoms with E-state index in [0.29, 0.717) is 19.3 Å². The molecule has 0 aliphatic carbocycles. The predicted octanol–water partition coefficient (Wildman–Crippen LogP) is 2.85. The maximum atomic E-state index is 11.5. The summed E-state index contributed by atoms with van der Waals surface area (Å²) in [5.41, 5.74) is 0.0927. The first kappa shape index (κ1) is 17.0. The first-order valence-corrected chi connectivity index (χ1v) is 7.68. The molecule has 0 unspecified atom stereocenters. The lowest BCUT2D eigenvalue weighted by molar-refractivity contribution is -0.583. The summed E-state index contributed by atoms with van der Waals surface area (Å²) in [6, 6.07) is 6.24. The highest BCUT2D eigenvalue weighted by Gasteiger charge is 2.76. The number of benzene rings is 1. The molecule has 0 saturated carbocycles. The Labute approximate surface area is 138 Å². The molecule has 0 amide bonds. The fourth-order valence-corrected chi connectivity index (χ4v) is 3.41. The molecule has 2 heterocycles. The van der Waals surface area contributed by atoms with Gasteiger partial charge in [-0.15, -0.1) is 0 Å². The van der Waals surface area contributed by atoms with Crippen LogP contribution in [0.2, 0.25) is 0 Å². The Morgan fingerprint density at radius 1 is 1.08 bits per heavy atom. The van der Waals surface area contributed by atoms with Crippen molar-refractivity contribution in [2.45, 2.75) is 51.6 Å². The number of nitrogens with zero attached hydrogens (tertiary/aromatic N) is 1. The number of nitro groups is 1. The molecule has 24 heavy (non-hydrogen) atoms. The molecule has 1 aromatic carbocycles. The summed E-state index contributed by atoms with van der Waals surface area (Å²) in [5, 5.41) is 10.8. The molecule has 0 atom stereocenters. The van der Waals surface area contributed by atoms with Gasteiger partial charge in [-0.2, -0.15) is 19.6 Å². The number of carbonyl (C=O) groups excluding carboxylic acids is 1. The average Bonchev–Trinajstić information content (AvgIpc) is 2.87. The van der Waals surface area contributed by atoms with Gasteiger partial charge in [0.15, 0.2) is 0 Å². The number of nitro benzene ring substituents is 1. The number of fused-ring (bicyclic) bond motifs is 2. The molecular weight excluding hydrogens is 318 g/mol. The van der Waals surface area contributed by atoms with E-state index in [9.17, 15) is 14.9 Å². The van der Waals surface area contributed by atoms with Crippen molar-refractivity contribution in [1.82, 2.24) is 0 Å². The van der Waals surface area contributed by atoms with Crippen molar-refractivity contribution in [1.29, 1.82) is 0 Å². The lowest BCUT2D eigenvalue weighted by Gasteiger charge is -2.35. The van der Waals surface area contributed by atoms with Crippen molar-refractivity contribution < 1.29 is 29.3 Å². The molecule has 8 nitrogen and oxygen atoms in total. The van der Waals surface area contributed by atoms with E-state index in [1.165, 1.54) is 19.1 Å². The zero-order valence-electron chi connectivity index (χ0n) is 13.7. The van der Waals surface area contributed by atoms with Crippen LogP contribution in [0.4, 0.5) is 5.69 Å². The first-order valence-electron chi connectivity index (χ1n) is 7.68. The topological polar surface area (TPSA) is 97.1 Å². The Morgan fingerprint density at radius 2 is 1.58 bits per heavy atom. The van der Waals surface area contributed by atoms with Gasteiger partial charge in [0, 0.05) is 18.6 Å². The maximum Gasteiger partial charge on any atom is 0.269 e. The molecule has 2 fully saturated rings. The van der Waals surface area contributed by atoms with Gasteiger partial charge in [-0.1, -0.05) is 12.1 Å². The largest absolute Gasteiger partial charge is 0.300 e. The summed E-state index contributed by atoms with van der Waals surface area (Å²) in [4.78, 5) is 43.3. The number of rotatable bonds is 6. The SMILES string of the molecule is CC(=O)CCC1(Cc2ccc([N+](=O)[O-])cc2)C2(C)OOC1(C)OO2. The van der Waals surface area contributed by atoms with Crippen molar-refractivity contribution >= 4 is 11.5 Å². The van der Waals surface area contributed by atoms with Crippen LogP contribution in [0.25, 0.3) is 0 Å².